The van der Waals surface area contributed by atoms with Gasteiger partial charge in [-0.1, -0.05) is 42.1 Å². The highest BCUT2D eigenvalue weighted by Gasteiger charge is 2.54. The molecule has 2 aromatic rings. The van der Waals surface area contributed by atoms with Crippen molar-refractivity contribution in [2.75, 3.05) is 11.5 Å². The summed E-state index contributed by atoms with van der Waals surface area (Å²) in [6, 6.07) is 6.89. The van der Waals surface area contributed by atoms with E-state index in [-0.39, 0.29) is 24.4 Å². The minimum atomic E-state index is -1.25. The standard InChI is InChI=1S/C20H21N7O6S2/c21-13(10-4-2-1-3-5-10)16(30)22-14-17(31)27-15(19(32)33)11(8-34-18(14)27)9-35-20-23-24-25-26(20)7-6-12(28)29/h1-5,13-14,18H,6-9,21H2,(H,22,30)(H,28,29)(H,32,33)/t13?,14?,18-/m1/s1. The monoisotopic (exact) mass is 519 g/mol. The molecule has 0 bridgehead atoms. The van der Waals surface area contributed by atoms with Gasteiger partial charge in [-0.15, -0.1) is 16.9 Å². The number of aromatic nitrogens is 4. The third kappa shape index (κ3) is 5.16. The first-order valence-corrected chi connectivity index (χ1v) is 12.4. The molecular formula is C20H21N7O6S2. The molecule has 184 valence electrons. The first-order chi connectivity index (χ1) is 16.8. The Bertz CT molecular complexity index is 1190. The molecule has 2 amide bonds. The summed E-state index contributed by atoms with van der Waals surface area (Å²) in [5, 5.41) is 32.2. The third-order valence-corrected chi connectivity index (χ3v) is 7.78. The van der Waals surface area contributed by atoms with Crippen LogP contribution in [0, 0.1) is 0 Å². The molecule has 35 heavy (non-hydrogen) atoms. The van der Waals surface area contributed by atoms with E-state index in [2.05, 4.69) is 20.8 Å². The summed E-state index contributed by atoms with van der Waals surface area (Å²) in [5.74, 6) is -2.79. The predicted octanol–water partition coefficient (Wildman–Crippen LogP) is -0.321. The molecule has 1 saturated heterocycles. The fraction of sp³-hybridized carbons (Fsp3) is 0.350. The van der Waals surface area contributed by atoms with E-state index in [4.69, 9.17) is 10.8 Å². The molecule has 0 radical (unpaired) electrons. The van der Waals surface area contributed by atoms with Gasteiger partial charge in [0.15, 0.2) is 0 Å². The number of carboxylic acids is 2. The quantitative estimate of drug-likeness (QED) is 0.236. The summed E-state index contributed by atoms with van der Waals surface area (Å²) >= 11 is 2.49. The molecule has 2 aliphatic rings. The van der Waals surface area contributed by atoms with E-state index in [0.717, 1.165) is 11.8 Å². The number of carbonyl (C=O) groups excluding carboxylic acids is 2. The van der Waals surface area contributed by atoms with Gasteiger partial charge in [-0.3, -0.25) is 19.3 Å². The number of benzene rings is 1. The minimum absolute atomic E-state index is 0.0729. The maximum Gasteiger partial charge on any atom is 0.352 e. The minimum Gasteiger partial charge on any atom is -0.481 e. The van der Waals surface area contributed by atoms with Crippen LogP contribution in [0.5, 0.6) is 0 Å². The second-order valence-corrected chi connectivity index (χ2v) is 9.71. The Kier molecular flexibility index (Phi) is 7.37. The number of nitrogens with one attached hydrogen (secondary N) is 1. The van der Waals surface area contributed by atoms with Crippen LogP contribution in [0.1, 0.15) is 18.0 Å². The summed E-state index contributed by atoms with van der Waals surface area (Å²) in [4.78, 5) is 49.5. The van der Waals surface area contributed by atoms with E-state index in [1.807, 2.05) is 0 Å². The van der Waals surface area contributed by atoms with Crippen LogP contribution in [0.3, 0.4) is 0 Å². The summed E-state index contributed by atoms with van der Waals surface area (Å²) < 4.78 is 1.33. The highest BCUT2D eigenvalue weighted by Crippen LogP contribution is 2.41. The molecule has 13 nitrogen and oxygen atoms in total. The number of nitrogens with two attached hydrogens (primary N) is 1. The number of carbonyl (C=O) groups is 4. The van der Waals surface area contributed by atoms with E-state index in [0.29, 0.717) is 22.0 Å². The Morgan fingerprint density at radius 1 is 1.26 bits per heavy atom. The number of tetrazole rings is 1. The van der Waals surface area contributed by atoms with Gasteiger partial charge in [-0.2, -0.15) is 0 Å². The van der Waals surface area contributed by atoms with E-state index in [9.17, 15) is 24.3 Å². The molecule has 3 atom stereocenters. The second kappa shape index (κ2) is 10.5. The lowest BCUT2D eigenvalue weighted by atomic mass is 10.0. The van der Waals surface area contributed by atoms with Crippen molar-refractivity contribution in [2.24, 2.45) is 5.73 Å². The van der Waals surface area contributed by atoms with Crippen LogP contribution in [-0.2, 0) is 25.7 Å². The zero-order valence-electron chi connectivity index (χ0n) is 18.1. The van der Waals surface area contributed by atoms with Gasteiger partial charge in [-0.25, -0.2) is 9.48 Å². The summed E-state index contributed by atoms with van der Waals surface area (Å²) in [6.07, 6.45) is -0.164. The van der Waals surface area contributed by atoms with Crippen molar-refractivity contribution in [3.63, 3.8) is 0 Å². The number of hydrogen-bond acceptors (Lipinski definition) is 10. The molecule has 0 aliphatic carbocycles. The van der Waals surface area contributed by atoms with Crippen molar-refractivity contribution in [3.8, 4) is 0 Å². The maximum atomic E-state index is 12.8. The van der Waals surface area contributed by atoms with Crippen molar-refractivity contribution in [2.45, 2.75) is 35.6 Å². The van der Waals surface area contributed by atoms with Crippen LogP contribution in [0.4, 0.5) is 0 Å². The number of carboxylic acid groups (broad SMARTS) is 2. The number of aryl methyl sites for hydroxylation is 1. The molecule has 1 aromatic carbocycles. The topological polar surface area (TPSA) is 194 Å². The van der Waals surface area contributed by atoms with Gasteiger partial charge in [0.2, 0.25) is 11.1 Å². The van der Waals surface area contributed by atoms with Crippen molar-refractivity contribution >= 4 is 47.3 Å². The van der Waals surface area contributed by atoms with Crippen LogP contribution >= 0.6 is 23.5 Å². The molecule has 2 unspecified atom stereocenters. The van der Waals surface area contributed by atoms with Gasteiger partial charge in [0, 0.05) is 11.5 Å². The molecule has 2 aliphatic heterocycles. The third-order valence-electron chi connectivity index (χ3n) is 5.40. The maximum absolute atomic E-state index is 12.8. The van der Waals surface area contributed by atoms with Gasteiger partial charge < -0.3 is 21.3 Å². The number of aliphatic carboxylic acids is 2. The Morgan fingerprint density at radius 3 is 2.69 bits per heavy atom. The first-order valence-electron chi connectivity index (χ1n) is 10.4. The Morgan fingerprint density at radius 2 is 2.00 bits per heavy atom. The molecule has 1 aromatic heterocycles. The van der Waals surface area contributed by atoms with Crippen LogP contribution in [0.25, 0.3) is 0 Å². The molecule has 3 heterocycles. The van der Waals surface area contributed by atoms with Gasteiger partial charge in [0.05, 0.1) is 13.0 Å². The van der Waals surface area contributed by atoms with Crippen molar-refractivity contribution in [1.29, 1.82) is 0 Å². The number of nitrogens with zero attached hydrogens (tertiary/aromatic N) is 5. The number of rotatable bonds is 10. The second-order valence-electron chi connectivity index (χ2n) is 7.66. The number of fused-ring (bicyclic) bond motifs is 1. The fourth-order valence-electron chi connectivity index (χ4n) is 3.64. The molecule has 0 saturated carbocycles. The van der Waals surface area contributed by atoms with Crippen LogP contribution in [0.2, 0.25) is 0 Å². The molecular weight excluding hydrogens is 498 g/mol. The molecule has 15 heteroatoms. The van der Waals surface area contributed by atoms with E-state index >= 15 is 0 Å². The van der Waals surface area contributed by atoms with Gasteiger partial charge in [0.1, 0.15) is 23.2 Å². The number of amides is 2. The van der Waals surface area contributed by atoms with Crippen LogP contribution < -0.4 is 11.1 Å². The van der Waals surface area contributed by atoms with Crippen LogP contribution in [0.15, 0.2) is 46.8 Å². The lowest BCUT2D eigenvalue weighted by Gasteiger charge is -2.49. The summed E-state index contributed by atoms with van der Waals surface area (Å²) in [7, 11) is 0. The number of thioether (sulfide) groups is 2. The Balaban J connectivity index is 1.43. The Hall–Kier alpha value is -3.43. The lowest BCUT2D eigenvalue weighted by molar-refractivity contribution is -0.150. The normalized spacial score (nSPS) is 20.1. The molecule has 4 rings (SSSR count). The molecule has 5 N–H and O–H groups in total. The highest BCUT2D eigenvalue weighted by atomic mass is 32.2. The number of β-lactam (4-membered cyclic amide) rings is 1. The fourth-order valence-corrected chi connectivity index (χ4v) is 6.03. The molecule has 1 fully saturated rings. The number of hydrogen-bond donors (Lipinski definition) is 4. The highest BCUT2D eigenvalue weighted by molar-refractivity contribution is 8.01. The van der Waals surface area contributed by atoms with E-state index < -0.39 is 41.2 Å². The Labute approximate surface area is 207 Å². The van der Waals surface area contributed by atoms with Crippen molar-refractivity contribution in [1.82, 2.24) is 30.4 Å². The predicted molar refractivity (Wildman–Crippen MR) is 124 cm³/mol. The van der Waals surface area contributed by atoms with E-state index in [1.165, 1.54) is 21.3 Å². The van der Waals surface area contributed by atoms with Gasteiger partial charge in [-0.05, 0) is 21.6 Å². The van der Waals surface area contributed by atoms with E-state index in [1.54, 1.807) is 30.3 Å². The van der Waals surface area contributed by atoms with Gasteiger partial charge in [0.25, 0.3) is 5.91 Å². The summed E-state index contributed by atoms with van der Waals surface area (Å²) in [6.45, 7) is 0.0729. The average molecular weight is 520 g/mol. The lowest BCUT2D eigenvalue weighted by Crippen LogP contribution is -2.71. The van der Waals surface area contributed by atoms with Crippen molar-refractivity contribution in [3.05, 3.63) is 47.2 Å². The zero-order chi connectivity index (χ0) is 25.1. The zero-order valence-corrected chi connectivity index (χ0v) is 19.7. The van der Waals surface area contributed by atoms with Crippen LogP contribution in [-0.4, -0.2) is 82.0 Å². The van der Waals surface area contributed by atoms with Gasteiger partial charge >= 0.3 is 11.9 Å². The largest absolute Gasteiger partial charge is 0.481 e. The average Bonchev–Trinajstić information content (AvgIpc) is 3.31. The molecule has 0 spiro atoms. The SMILES string of the molecule is NC(C(=O)NC1C(=O)N2C(C(=O)O)=C(CSc3nnnn3CCC(=O)O)CS[C@H]12)c1ccccc1. The first kappa shape index (κ1) is 24.7. The summed E-state index contributed by atoms with van der Waals surface area (Å²) in [5.41, 5.74) is 6.98. The van der Waals surface area contributed by atoms with Crippen molar-refractivity contribution < 1.29 is 29.4 Å². The smallest absolute Gasteiger partial charge is 0.352 e.